The number of hydrogen-bond acceptors (Lipinski definition) is 4. The van der Waals surface area contributed by atoms with Crippen molar-refractivity contribution in [1.82, 2.24) is 0 Å². The molecule has 4 nitrogen and oxygen atoms in total. The van der Waals surface area contributed by atoms with E-state index in [0.717, 1.165) is 25.7 Å². The Hall–Kier alpha value is 0.0564. The van der Waals surface area contributed by atoms with Crippen LogP contribution in [-0.2, 0) is 16.6 Å². The Morgan fingerprint density at radius 3 is 1.27 bits per heavy atom. The third-order valence-electron chi connectivity index (χ3n) is 4.42. The molecular formula is C20H38BrGaO4. The Morgan fingerprint density at radius 1 is 0.615 bits per heavy atom. The molecule has 0 rings (SSSR count). The molecule has 0 radical (unpaired) electrons. The van der Waals surface area contributed by atoms with Crippen LogP contribution in [0.2, 0.25) is 0 Å². The summed E-state index contributed by atoms with van der Waals surface area (Å²) in [6.45, 7) is 4.42. The van der Waals surface area contributed by atoms with Gasteiger partial charge in [-0.1, -0.05) is 0 Å². The van der Waals surface area contributed by atoms with E-state index in [2.05, 4.69) is 27.4 Å². The van der Waals surface area contributed by atoms with Gasteiger partial charge in [-0.05, 0) is 0 Å². The zero-order valence-corrected chi connectivity index (χ0v) is 20.9. The van der Waals surface area contributed by atoms with Gasteiger partial charge in [0.15, 0.2) is 0 Å². The van der Waals surface area contributed by atoms with Crippen molar-refractivity contribution in [1.29, 1.82) is 0 Å². The first-order valence-electron chi connectivity index (χ1n) is 10.6. The number of carbonyl (C=O) groups excluding carboxylic acids is 2. The summed E-state index contributed by atoms with van der Waals surface area (Å²) in [6.07, 6.45) is 17.2. The average molecular weight is 492 g/mol. The van der Waals surface area contributed by atoms with Crippen molar-refractivity contribution in [3.63, 3.8) is 0 Å². The van der Waals surface area contributed by atoms with Gasteiger partial charge in [-0.2, -0.15) is 0 Å². The second-order valence-electron chi connectivity index (χ2n) is 7.00. The van der Waals surface area contributed by atoms with Gasteiger partial charge in [-0.3, -0.25) is 0 Å². The van der Waals surface area contributed by atoms with Gasteiger partial charge in [0.25, 0.3) is 0 Å². The zero-order valence-electron chi connectivity index (χ0n) is 16.9. The Labute approximate surface area is 173 Å². The molecule has 0 aromatic heterocycles. The summed E-state index contributed by atoms with van der Waals surface area (Å²) in [5.74, 6) is -0.465. The van der Waals surface area contributed by atoms with E-state index >= 15 is 0 Å². The molecule has 0 aromatic carbocycles. The summed E-state index contributed by atoms with van der Waals surface area (Å²) in [7, 11) is 0. The van der Waals surface area contributed by atoms with Crippen molar-refractivity contribution in [2.75, 3.05) is 0 Å². The quantitative estimate of drug-likeness (QED) is 0.157. The van der Waals surface area contributed by atoms with Crippen molar-refractivity contribution in [3.05, 3.63) is 0 Å². The average Bonchev–Trinajstić information content (AvgIpc) is 2.60. The van der Waals surface area contributed by atoms with Crippen LogP contribution in [0.25, 0.3) is 0 Å². The van der Waals surface area contributed by atoms with E-state index in [1.165, 1.54) is 64.2 Å². The topological polar surface area (TPSA) is 52.6 Å². The Kier molecular flexibility index (Phi) is 19.9. The van der Waals surface area contributed by atoms with Gasteiger partial charge in [0.2, 0.25) is 0 Å². The summed E-state index contributed by atoms with van der Waals surface area (Å²) < 4.78 is 10.5. The van der Waals surface area contributed by atoms with Gasteiger partial charge in [0.05, 0.1) is 0 Å². The number of hydrogen-bond donors (Lipinski definition) is 0. The standard InChI is InChI=1S/2C10H20O2.BrH.Ga/c2*1-2-3-4-5-6-7-8-9-10(11)12;;/h2*2-9H2,1H3,(H,11,12);1H;/q;;;+3/p-3. The molecule has 26 heavy (non-hydrogen) atoms. The van der Waals surface area contributed by atoms with Crippen LogP contribution in [0.4, 0.5) is 0 Å². The van der Waals surface area contributed by atoms with Crippen LogP contribution < -0.4 is 0 Å². The van der Waals surface area contributed by atoms with E-state index in [0.29, 0.717) is 12.8 Å². The molecule has 0 aliphatic carbocycles. The Morgan fingerprint density at radius 2 is 0.923 bits per heavy atom. The number of carbonyl (C=O) groups is 2. The van der Waals surface area contributed by atoms with Crippen molar-refractivity contribution >= 4 is 40.5 Å². The molecule has 152 valence electrons. The second kappa shape index (κ2) is 19.8. The maximum atomic E-state index is 11.8. The van der Waals surface area contributed by atoms with E-state index in [1.54, 1.807) is 0 Å². The van der Waals surface area contributed by atoms with Crippen molar-refractivity contribution in [2.24, 2.45) is 0 Å². The summed E-state index contributed by atoms with van der Waals surface area (Å²) in [5.41, 5.74) is 0. The minimum atomic E-state index is -2.84. The summed E-state index contributed by atoms with van der Waals surface area (Å²) >= 11 is 0.443. The van der Waals surface area contributed by atoms with Gasteiger partial charge in [0.1, 0.15) is 0 Å². The number of halogens is 1. The van der Waals surface area contributed by atoms with Gasteiger partial charge in [-0.15, -0.1) is 0 Å². The predicted molar refractivity (Wildman–Crippen MR) is 112 cm³/mol. The fraction of sp³-hybridized carbons (Fsp3) is 0.900. The SMILES string of the molecule is CCCCCCCCCC(=O)[O][Ga]([Br])[O]C(=O)CCCCCCCCC. The van der Waals surface area contributed by atoms with Gasteiger partial charge >= 0.3 is 174 Å². The Balaban J connectivity index is 3.53. The molecule has 0 aromatic rings. The summed E-state index contributed by atoms with van der Waals surface area (Å²) in [5, 5.41) is 0. The fourth-order valence-electron chi connectivity index (χ4n) is 2.80. The van der Waals surface area contributed by atoms with Gasteiger partial charge in [-0.25, -0.2) is 0 Å². The second-order valence-corrected chi connectivity index (χ2v) is 13.0. The van der Waals surface area contributed by atoms with Crippen molar-refractivity contribution < 1.29 is 16.6 Å². The van der Waals surface area contributed by atoms with E-state index in [4.69, 9.17) is 7.06 Å². The molecule has 0 amide bonds. The molecule has 0 heterocycles. The summed E-state index contributed by atoms with van der Waals surface area (Å²) in [4.78, 5) is 23.5. The number of rotatable bonds is 18. The fourth-order valence-corrected chi connectivity index (χ4v) is 6.43. The molecule has 0 N–H and O–H groups in total. The molecule has 0 fully saturated rings. The number of unbranched alkanes of at least 4 members (excludes halogenated alkanes) is 12. The molecule has 0 saturated carbocycles. The van der Waals surface area contributed by atoms with Crippen molar-refractivity contribution in [2.45, 2.75) is 117 Å². The predicted octanol–water partition coefficient (Wildman–Crippen LogP) is 6.73. The molecule has 0 aliphatic heterocycles. The molecular weight excluding hydrogens is 454 g/mol. The van der Waals surface area contributed by atoms with Crippen LogP contribution in [0.3, 0.4) is 0 Å². The normalized spacial score (nSPS) is 10.6. The van der Waals surface area contributed by atoms with Crippen LogP contribution in [0.5, 0.6) is 0 Å². The first kappa shape index (κ1) is 26.1. The van der Waals surface area contributed by atoms with Crippen LogP contribution in [0, 0.1) is 0 Å². The molecule has 0 bridgehead atoms. The third-order valence-corrected chi connectivity index (χ3v) is 8.24. The molecule has 0 spiro atoms. The van der Waals surface area contributed by atoms with E-state index in [-0.39, 0.29) is 11.9 Å². The molecule has 0 atom stereocenters. The van der Waals surface area contributed by atoms with Crippen LogP contribution in [0.1, 0.15) is 117 Å². The molecule has 0 aliphatic rings. The van der Waals surface area contributed by atoms with Gasteiger partial charge < -0.3 is 0 Å². The zero-order chi connectivity index (χ0) is 19.5. The van der Waals surface area contributed by atoms with E-state index in [9.17, 15) is 9.59 Å². The van der Waals surface area contributed by atoms with Crippen LogP contribution in [0.15, 0.2) is 0 Å². The van der Waals surface area contributed by atoms with Crippen LogP contribution in [-0.4, -0.2) is 26.9 Å². The monoisotopic (exact) mass is 490 g/mol. The minimum absolute atomic E-state index is 0.232. The summed E-state index contributed by atoms with van der Waals surface area (Å²) in [6, 6.07) is 0. The first-order valence-corrected chi connectivity index (χ1v) is 18.3. The Bertz CT molecular complexity index is 321. The van der Waals surface area contributed by atoms with Crippen LogP contribution >= 0.6 is 13.6 Å². The maximum absolute atomic E-state index is 11.8. The molecule has 6 heteroatoms. The van der Waals surface area contributed by atoms with Crippen molar-refractivity contribution in [3.8, 4) is 0 Å². The third kappa shape index (κ3) is 18.8. The first-order chi connectivity index (χ1) is 12.6. The van der Waals surface area contributed by atoms with E-state index < -0.39 is 15.0 Å². The molecule has 0 unspecified atom stereocenters. The van der Waals surface area contributed by atoms with E-state index in [1.807, 2.05) is 0 Å². The molecule has 0 saturated heterocycles. The van der Waals surface area contributed by atoms with Gasteiger partial charge in [0, 0.05) is 0 Å².